The molecule has 3 fully saturated rings. The summed E-state index contributed by atoms with van der Waals surface area (Å²) < 4.78 is 5.89. The highest BCUT2D eigenvalue weighted by molar-refractivity contribution is 4.97. The fourth-order valence-corrected chi connectivity index (χ4v) is 2.67. The van der Waals surface area contributed by atoms with Crippen molar-refractivity contribution in [2.75, 3.05) is 6.61 Å². The zero-order chi connectivity index (χ0) is 8.73. The highest BCUT2D eigenvalue weighted by Crippen LogP contribution is 2.42. The van der Waals surface area contributed by atoms with Crippen molar-refractivity contribution in [3.63, 3.8) is 0 Å². The number of hydrogen-bond acceptors (Lipinski definition) is 2. The van der Waals surface area contributed by atoms with Gasteiger partial charge in [-0.2, -0.15) is 0 Å². The molecule has 3 aliphatic rings. The molecule has 2 saturated carbocycles. The lowest BCUT2D eigenvalue weighted by Gasteiger charge is -2.47. The maximum Gasteiger partial charge on any atom is 0.0697 e. The van der Waals surface area contributed by atoms with E-state index < -0.39 is 0 Å². The van der Waals surface area contributed by atoms with E-state index in [0.717, 1.165) is 18.7 Å². The molecule has 1 heterocycles. The SMILES string of the molecule is C1CC2(C1)CC(NC1CC1)CCO2. The Bertz CT molecular complexity index is 196. The zero-order valence-corrected chi connectivity index (χ0v) is 8.22. The summed E-state index contributed by atoms with van der Waals surface area (Å²) in [5, 5.41) is 3.74. The maximum absolute atomic E-state index is 5.89. The molecular formula is C11H19NO. The van der Waals surface area contributed by atoms with Crippen LogP contribution in [0.15, 0.2) is 0 Å². The normalized spacial score (nSPS) is 37.4. The Labute approximate surface area is 80.0 Å². The Balaban J connectivity index is 1.56. The Morgan fingerprint density at radius 1 is 1.08 bits per heavy atom. The van der Waals surface area contributed by atoms with Gasteiger partial charge in [-0.1, -0.05) is 0 Å². The fourth-order valence-electron chi connectivity index (χ4n) is 2.67. The number of hydrogen-bond donors (Lipinski definition) is 1. The molecule has 0 aromatic heterocycles. The van der Waals surface area contributed by atoms with Crippen LogP contribution < -0.4 is 5.32 Å². The molecule has 0 aromatic carbocycles. The lowest BCUT2D eigenvalue weighted by atomic mass is 9.74. The van der Waals surface area contributed by atoms with E-state index in [4.69, 9.17) is 4.74 Å². The van der Waals surface area contributed by atoms with Crippen molar-refractivity contribution in [2.24, 2.45) is 0 Å². The first-order valence-electron chi connectivity index (χ1n) is 5.76. The summed E-state index contributed by atoms with van der Waals surface area (Å²) in [6.45, 7) is 0.990. The molecular weight excluding hydrogens is 162 g/mol. The van der Waals surface area contributed by atoms with Gasteiger partial charge in [0.1, 0.15) is 0 Å². The van der Waals surface area contributed by atoms with Crippen LogP contribution in [0.5, 0.6) is 0 Å². The van der Waals surface area contributed by atoms with Crippen LogP contribution in [0.2, 0.25) is 0 Å². The van der Waals surface area contributed by atoms with Crippen molar-refractivity contribution in [3.8, 4) is 0 Å². The van der Waals surface area contributed by atoms with E-state index in [-0.39, 0.29) is 0 Å². The van der Waals surface area contributed by atoms with E-state index in [0.29, 0.717) is 5.60 Å². The van der Waals surface area contributed by atoms with E-state index in [2.05, 4.69) is 5.32 Å². The van der Waals surface area contributed by atoms with Crippen molar-refractivity contribution in [1.82, 2.24) is 5.32 Å². The van der Waals surface area contributed by atoms with E-state index in [1.807, 2.05) is 0 Å². The average molecular weight is 181 g/mol. The molecule has 1 spiro atoms. The molecule has 3 rings (SSSR count). The first-order chi connectivity index (χ1) is 6.36. The van der Waals surface area contributed by atoms with Crippen LogP contribution in [-0.2, 0) is 4.74 Å². The Kier molecular flexibility index (Phi) is 1.88. The fraction of sp³-hybridized carbons (Fsp3) is 1.00. The van der Waals surface area contributed by atoms with E-state index in [9.17, 15) is 0 Å². The second-order valence-corrected chi connectivity index (χ2v) is 5.02. The monoisotopic (exact) mass is 181 g/mol. The largest absolute Gasteiger partial charge is 0.375 e. The van der Waals surface area contributed by atoms with Gasteiger partial charge in [-0.25, -0.2) is 0 Å². The molecule has 1 N–H and O–H groups in total. The van der Waals surface area contributed by atoms with Crippen LogP contribution >= 0.6 is 0 Å². The summed E-state index contributed by atoms with van der Waals surface area (Å²) in [6, 6.07) is 1.63. The van der Waals surface area contributed by atoms with Crippen molar-refractivity contribution >= 4 is 0 Å². The van der Waals surface area contributed by atoms with E-state index in [1.54, 1.807) is 0 Å². The first-order valence-corrected chi connectivity index (χ1v) is 5.76. The molecule has 2 nitrogen and oxygen atoms in total. The Morgan fingerprint density at radius 3 is 2.54 bits per heavy atom. The van der Waals surface area contributed by atoms with Crippen LogP contribution in [-0.4, -0.2) is 24.3 Å². The second-order valence-electron chi connectivity index (χ2n) is 5.02. The topological polar surface area (TPSA) is 21.3 Å². The highest BCUT2D eigenvalue weighted by atomic mass is 16.5. The molecule has 0 bridgehead atoms. The van der Waals surface area contributed by atoms with Crippen LogP contribution in [0.3, 0.4) is 0 Å². The van der Waals surface area contributed by atoms with E-state index >= 15 is 0 Å². The standard InChI is InChI=1S/C11H19NO/c1-5-11(6-1)8-10(4-7-13-11)12-9-2-3-9/h9-10,12H,1-8H2. The van der Waals surface area contributed by atoms with Gasteiger partial charge in [-0.15, -0.1) is 0 Å². The van der Waals surface area contributed by atoms with Gasteiger partial charge in [-0.3, -0.25) is 0 Å². The number of rotatable bonds is 2. The summed E-state index contributed by atoms with van der Waals surface area (Å²) in [6.07, 6.45) is 9.35. The molecule has 13 heavy (non-hydrogen) atoms. The highest BCUT2D eigenvalue weighted by Gasteiger charge is 2.43. The molecule has 1 atom stereocenters. The van der Waals surface area contributed by atoms with Gasteiger partial charge in [0.05, 0.1) is 5.60 Å². The molecule has 74 valence electrons. The van der Waals surface area contributed by atoms with Gasteiger partial charge in [0.2, 0.25) is 0 Å². The minimum Gasteiger partial charge on any atom is -0.375 e. The van der Waals surface area contributed by atoms with Gasteiger partial charge in [0.15, 0.2) is 0 Å². The third-order valence-electron chi connectivity index (χ3n) is 3.81. The Morgan fingerprint density at radius 2 is 1.92 bits per heavy atom. The minimum atomic E-state index is 0.324. The van der Waals surface area contributed by atoms with Crippen LogP contribution in [0, 0.1) is 0 Å². The predicted molar refractivity (Wildman–Crippen MR) is 51.7 cm³/mol. The van der Waals surface area contributed by atoms with Crippen molar-refractivity contribution in [2.45, 2.75) is 62.6 Å². The number of ether oxygens (including phenoxy) is 1. The van der Waals surface area contributed by atoms with Gasteiger partial charge in [0.25, 0.3) is 0 Å². The second kappa shape index (κ2) is 2.96. The first kappa shape index (κ1) is 8.25. The van der Waals surface area contributed by atoms with Gasteiger partial charge in [-0.05, 0) is 44.9 Å². The average Bonchev–Trinajstić information content (AvgIpc) is 2.86. The zero-order valence-electron chi connectivity index (χ0n) is 8.22. The Hall–Kier alpha value is -0.0800. The van der Waals surface area contributed by atoms with Crippen molar-refractivity contribution in [1.29, 1.82) is 0 Å². The molecule has 2 heteroatoms. The summed E-state index contributed by atoms with van der Waals surface area (Å²) in [4.78, 5) is 0. The molecule has 1 aliphatic heterocycles. The van der Waals surface area contributed by atoms with Crippen LogP contribution in [0.4, 0.5) is 0 Å². The molecule has 0 aromatic rings. The van der Waals surface area contributed by atoms with E-state index in [1.165, 1.54) is 44.9 Å². The lowest BCUT2D eigenvalue weighted by molar-refractivity contribution is -0.135. The quantitative estimate of drug-likeness (QED) is 0.702. The van der Waals surface area contributed by atoms with Gasteiger partial charge >= 0.3 is 0 Å². The van der Waals surface area contributed by atoms with Gasteiger partial charge in [0, 0.05) is 18.7 Å². The third-order valence-corrected chi connectivity index (χ3v) is 3.81. The molecule has 0 amide bonds. The smallest absolute Gasteiger partial charge is 0.0697 e. The lowest BCUT2D eigenvalue weighted by Crippen LogP contribution is -2.51. The van der Waals surface area contributed by atoms with Crippen LogP contribution in [0.25, 0.3) is 0 Å². The summed E-state index contributed by atoms with van der Waals surface area (Å²) >= 11 is 0. The summed E-state index contributed by atoms with van der Waals surface area (Å²) in [7, 11) is 0. The third kappa shape index (κ3) is 1.62. The molecule has 0 radical (unpaired) electrons. The predicted octanol–water partition coefficient (Wildman–Crippen LogP) is 1.84. The summed E-state index contributed by atoms with van der Waals surface area (Å²) in [5.41, 5.74) is 0.324. The molecule has 2 aliphatic carbocycles. The van der Waals surface area contributed by atoms with Crippen LogP contribution in [0.1, 0.15) is 44.9 Å². The van der Waals surface area contributed by atoms with Crippen molar-refractivity contribution in [3.05, 3.63) is 0 Å². The maximum atomic E-state index is 5.89. The molecule has 1 unspecified atom stereocenters. The number of nitrogens with one attached hydrogen (secondary N) is 1. The van der Waals surface area contributed by atoms with Gasteiger partial charge < -0.3 is 10.1 Å². The summed E-state index contributed by atoms with van der Waals surface area (Å²) in [5.74, 6) is 0. The molecule has 1 saturated heterocycles. The van der Waals surface area contributed by atoms with Crippen molar-refractivity contribution < 1.29 is 4.74 Å². The minimum absolute atomic E-state index is 0.324.